The van der Waals surface area contributed by atoms with Crippen LogP contribution in [0.25, 0.3) is 10.2 Å². The predicted molar refractivity (Wildman–Crippen MR) is 104 cm³/mol. The van der Waals surface area contributed by atoms with Crippen molar-refractivity contribution in [1.82, 2.24) is 4.98 Å². The number of hydrogen-bond acceptors (Lipinski definition) is 6. The number of ether oxygens (including phenoxy) is 1. The molecule has 1 aliphatic rings. The average molecular weight is 373 g/mol. The van der Waals surface area contributed by atoms with Crippen LogP contribution in [-0.4, -0.2) is 17.6 Å². The fourth-order valence-electron chi connectivity index (χ4n) is 3.56. The Hall–Kier alpha value is -1.92. The molecule has 1 aliphatic carbocycles. The first-order chi connectivity index (χ1) is 12.2. The van der Waals surface area contributed by atoms with Crippen LogP contribution in [0.1, 0.15) is 51.1 Å². The van der Waals surface area contributed by atoms with E-state index in [0.29, 0.717) is 17.2 Å². The largest absolute Gasteiger partial charge is 0.462 e. The summed E-state index contributed by atoms with van der Waals surface area (Å²) >= 11 is 3.12. The van der Waals surface area contributed by atoms with E-state index in [2.05, 4.69) is 17.5 Å². The van der Waals surface area contributed by atoms with Crippen molar-refractivity contribution < 1.29 is 9.53 Å². The van der Waals surface area contributed by atoms with Crippen LogP contribution in [0.4, 0.5) is 5.69 Å². The van der Waals surface area contributed by atoms with Crippen molar-refractivity contribution in [2.24, 2.45) is 0 Å². The number of carbonyl (C=O) groups excluding carboxylic acids is 1. The predicted octanol–water partition coefficient (Wildman–Crippen LogP) is 4.59. The fraction of sp³-hybridized carbons (Fsp3) is 0.368. The van der Waals surface area contributed by atoms with Crippen molar-refractivity contribution in [3.05, 3.63) is 44.1 Å². The van der Waals surface area contributed by atoms with Crippen molar-refractivity contribution in [2.75, 3.05) is 12.3 Å². The fourth-order valence-corrected chi connectivity index (χ4v) is 5.31. The molecule has 0 unspecified atom stereocenters. The Morgan fingerprint density at radius 3 is 2.84 bits per heavy atom. The molecular formula is C19H20N2O2S2. The molecule has 0 atom stereocenters. The highest BCUT2D eigenvalue weighted by Gasteiger charge is 2.25. The highest BCUT2D eigenvalue weighted by Crippen LogP contribution is 2.40. The van der Waals surface area contributed by atoms with E-state index in [1.807, 2.05) is 0 Å². The Morgan fingerprint density at radius 2 is 2.12 bits per heavy atom. The zero-order valence-electron chi connectivity index (χ0n) is 14.1. The van der Waals surface area contributed by atoms with Crippen LogP contribution in [0.15, 0.2) is 17.5 Å². The number of hydrogen-bond donors (Lipinski definition) is 1. The molecule has 3 aromatic heterocycles. The van der Waals surface area contributed by atoms with Crippen molar-refractivity contribution in [3.63, 3.8) is 0 Å². The molecule has 2 N–H and O–H groups in total. The average Bonchev–Trinajstić information content (AvgIpc) is 3.23. The molecule has 4 rings (SSSR count). The molecule has 0 aromatic carbocycles. The van der Waals surface area contributed by atoms with Crippen LogP contribution in [0.5, 0.6) is 0 Å². The summed E-state index contributed by atoms with van der Waals surface area (Å²) in [4.78, 5) is 19.8. The van der Waals surface area contributed by atoms with Gasteiger partial charge in [0, 0.05) is 16.7 Å². The second-order valence-corrected chi connectivity index (χ2v) is 8.26. The van der Waals surface area contributed by atoms with Crippen LogP contribution >= 0.6 is 22.7 Å². The van der Waals surface area contributed by atoms with Crippen molar-refractivity contribution in [3.8, 4) is 0 Å². The van der Waals surface area contributed by atoms with Gasteiger partial charge in [-0.1, -0.05) is 6.07 Å². The molecule has 25 heavy (non-hydrogen) atoms. The van der Waals surface area contributed by atoms with E-state index < -0.39 is 0 Å². The van der Waals surface area contributed by atoms with E-state index in [1.165, 1.54) is 33.8 Å². The number of nitrogens with zero attached hydrogens (tertiary/aromatic N) is 1. The minimum atomic E-state index is -0.340. The van der Waals surface area contributed by atoms with Gasteiger partial charge in [-0.2, -0.15) is 0 Å². The maximum atomic E-state index is 12.2. The highest BCUT2D eigenvalue weighted by atomic mass is 32.1. The minimum Gasteiger partial charge on any atom is -0.462 e. The SMILES string of the molecule is CCOC(=O)c1sc2nc(Cc3cccs3)c3c(c2c1N)CCCC3. The van der Waals surface area contributed by atoms with Gasteiger partial charge in [0.25, 0.3) is 0 Å². The third-order valence-corrected chi connectivity index (χ3v) is 6.62. The summed E-state index contributed by atoms with van der Waals surface area (Å²) in [7, 11) is 0. The molecule has 3 aromatic rings. The number of carbonyl (C=O) groups is 1. The Balaban J connectivity index is 1.88. The van der Waals surface area contributed by atoms with E-state index in [-0.39, 0.29) is 5.97 Å². The van der Waals surface area contributed by atoms with Gasteiger partial charge >= 0.3 is 5.97 Å². The van der Waals surface area contributed by atoms with Crippen LogP contribution in [0.2, 0.25) is 0 Å². The number of fused-ring (bicyclic) bond motifs is 3. The monoisotopic (exact) mass is 372 g/mol. The first kappa shape index (κ1) is 16.5. The number of pyridine rings is 1. The van der Waals surface area contributed by atoms with Crippen LogP contribution in [-0.2, 0) is 24.0 Å². The van der Waals surface area contributed by atoms with Gasteiger partial charge in [0.1, 0.15) is 9.71 Å². The second kappa shape index (κ2) is 6.77. The number of aromatic nitrogens is 1. The molecule has 3 heterocycles. The minimum absolute atomic E-state index is 0.340. The summed E-state index contributed by atoms with van der Waals surface area (Å²) in [6.07, 6.45) is 5.25. The van der Waals surface area contributed by atoms with E-state index >= 15 is 0 Å². The summed E-state index contributed by atoms with van der Waals surface area (Å²) in [5.74, 6) is -0.340. The van der Waals surface area contributed by atoms with Gasteiger partial charge in [0.2, 0.25) is 0 Å². The number of nitrogens with two attached hydrogens (primary N) is 1. The molecule has 0 saturated heterocycles. The molecule has 130 valence electrons. The standard InChI is InChI=1S/C19H20N2O2S2/c1-2-23-19(22)17-16(20)15-13-8-4-3-7-12(13)14(21-18(15)25-17)10-11-6-5-9-24-11/h5-6,9H,2-4,7-8,10,20H2,1H3. The molecule has 0 spiro atoms. The summed E-state index contributed by atoms with van der Waals surface area (Å²) < 4.78 is 5.16. The molecule has 0 amide bonds. The zero-order chi connectivity index (χ0) is 17.4. The molecule has 0 fully saturated rings. The quantitative estimate of drug-likeness (QED) is 0.681. The van der Waals surface area contributed by atoms with E-state index in [4.69, 9.17) is 15.5 Å². The Morgan fingerprint density at radius 1 is 1.32 bits per heavy atom. The van der Waals surface area contributed by atoms with Gasteiger partial charge in [-0.05, 0) is 55.2 Å². The number of aryl methyl sites for hydroxylation is 1. The van der Waals surface area contributed by atoms with Crippen molar-refractivity contribution in [1.29, 1.82) is 0 Å². The van der Waals surface area contributed by atoms with Crippen LogP contribution < -0.4 is 5.73 Å². The highest BCUT2D eigenvalue weighted by molar-refractivity contribution is 7.21. The van der Waals surface area contributed by atoms with Crippen molar-refractivity contribution in [2.45, 2.75) is 39.0 Å². The van der Waals surface area contributed by atoms with Gasteiger partial charge in [-0.3, -0.25) is 0 Å². The topological polar surface area (TPSA) is 65.2 Å². The lowest BCUT2D eigenvalue weighted by Gasteiger charge is -2.20. The van der Waals surface area contributed by atoms with E-state index in [9.17, 15) is 4.79 Å². The lowest BCUT2D eigenvalue weighted by atomic mass is 9.88. The maximum absolute atomic E-state index is 12.2. The maximum Gasteiger partial charge on any atom is 0.350 e. The summed E-state index contributed by atoms with van der Waals surface area (Å²) in [5, 5.41) is 3.08. The summed E-state index contributed by atoms with van der Waals surface area (Å²) in [6, 6.07) is 4.23. The van der Waals surface area contributed by atoms with Crippen molar-refractivity contribution >= 4 is 44.5 Å². The number of thiophene rings is 2. The van der Waals surface area contributed by atoms with Gasteiger partial charge < -0.3 is 10.5 Å². The van der Waals surface area contributed by atoms with Gasteiger partial charge in [-0.15, -0.1) is 22.7 Å². The first-order valence-electron chi connectivity index (χ1n) is 8.61. The molecule has 0 radical (unpaired) electrons. The van der Waals surface area contributed by atoms with E-state index in [1.54, 1.807) is 18.3 Å². The van der Waals surface area contributed by atoms with Crippen LogP contribution in [0.3, 0.4) is 0 Å². The van der Waals surface area contributed by atoms with Gasteiger partial charge in [0.05, 0.1) is 18.0 Å². The number of nitrogen functional groups attached to an aromatic ring is 1. The third-order valence-electron chi connectivity index (χ3n) is 4.66. The molecule has 6 heteroatoms. The Bertz CT molecular complexity index is 929. The molecule has 0 bridgehead atoms. The lowest BCUT2D eigenvalue weighted by molar-refractivity contribution is 0.0533. The zero-order valence-corrected chi connectivity index (χ0v) is 15.8. The molecule has 0 aliphatic heterocycles. The lowest BCUT2D eigenvalue weighted by Crippen LogP contribution is -2.10. The van der Waals surface area contributed by atoms with Gasteiger partial charge in [-0.25, -0.2) is 9.78 Å². The number of anilines is 1. The second-order valence-electron chi connectivity index (χ2n) is 6.22. The smallest absolute Gasteiger partial charge is 0.350 e. The normalized spacial score (nSPS) is 13.8. The summed E-state index contributed by atoms with van der Waals surface area (Å²) in [6.45, 7) is 2.16. The molecule has 0 saturated carbocycles. The Kier molecular flexibility index (Phi) is 4.48. The number of esters is 1. The summed E-state index contributed by atoms with van der Waals surface area (Å²) in [5.41, 5.74) is 10.7. The van der Waals surface area contributed by atoms with E-state index in [0.717, 1.165) is 41.6 Å². The van der Waals surface area contributed by atoms with Crippen LogP contribution in [0, 0.1) is 0 Å². The van der Waals surface area contributed by atoms with Gasteiger partial charge in [0.15, 0.2) is 0 Å². The first-order valence-corrected chi connectivity index (χ1v) is 10.3. The Labute approximate surface area is 154 Å². The molecular weight excluding hydrogens is 352 g/mol. The molecule has 4 nitrogen and oxygen atoms in total. The third kappa shape index (κ3) is 2.93. The number of rotatable bonds is 4.